The van der Waals surface area contributed by atoms with Crippen LogP contribution in [0.1, 0.15) is 4.88 Å². The van der Waals surface area contributed by atoms with E-state index in [9.17, 15) is 0 Å². The summed E-state index contributed by atoms with van der Waals surface area (Å²) in [6.07, 6.45) is 3.85. The van der Waals surface area contributed by atoms with Gasteiger partial charge in [-0.3, -0.25) is 4.57 Å². The van der Waals surface area contributed by atoms with Crippen LogP contribution in [0.5, 0.6) is 0 Å². The SMILES string of the molecule is Cc1cc2c3nscc3n3ncc(-c4cccc(-c5ccc6c(c5)c5ccccc5n6-c5ccccn5)c4)c3c2s1. The van der Waals surface area contributed by atoms with E-state index in [1.54, 1.807) is 0 Å². The summed E-state index contributed by atoms with van der Waals surface area (Å²) in [4.78, 5) is 5.94. The van der Waals surface area contributed by atoms with Crippen LogP contribution in [0.2, 0.25) is 0 Å². The molecule has 0 aliphatic rings. The van der Waals surface area contributed by atoms with E-state index in [0.717, 1.165) is 44.5 Å². The van der Waals surface area contributed by atoms with Gasteiger partial charge in [-0.15, -0.1) is 11.3 Å². The van der Waals surface area contributed by atoms with E-state index in [0.29, 0.717) is 0 Å². The van der Waals surface area contributed by atoms with Crippen LogP contribution in [0, 0.1) is 6.92 Å². The standard InChI is InChI=1S/C34H21N5S2/c1-20-15-26-32-30(19-40-37-32)39-33(34(26)41-20)27(18-36-39)23-8-6-7-21(16-23)22-12-13-29-25(17-22)24-9-2-3-10-28(24)38(29)31-11-4-5-14-35-31/h2-19H,1H3. The number of nitrogens with zero attached hydrogens (tertiary/aromatic N) is 5. The second-order valence-electron chi connectivity index (χ2n) is 10.3. The molecule has 0 bridgehead atoms. The van der Waals surface area contributed by atoms with Crippen molar-refractivity contribution in [3.05, 3.63) is 114 Å². The quantitative estimate of drug-likeness (QED) is 0.215. The summed E-state index contributed by atoms with van der Waals surface area (Å²) in [5, 5.41) is 10.6. The van der Waals surface area contributed by atoms with E-state index in [2.05, 4.69) is 105 Å². The third kappa shape index (κ3) is 3.30. The number of fused-ring (bicyclic) bond motifs is 9. The van der Waals surface area contributed by atoms with Crippen molar-refractivity contribution in [1.82, 2.24) is 23.5 Å². The topological polar surface area (TPSA) is 48.0 Å². The van der Waals surface area contributed by atoms with Crippen molar-refractivity contribution in [2.75, 3.05) is 0 Å². The van der Waals surface area contributed by atoms with Crippen molar-refractivity contribution in [2.24, 2.45) is 0 Å². The molecule has 9 rings (SSSR count). The number of rotatable bonds is 3. The molecule has 194 valence electrons. The highest BCUT2D eigenvalue weighted by atomic mass is 32.1. The van der Waals surface area contributed by atoms with Gasteiger partial charge in [0, 0.05) is 38.2 Å². The van der Waals surface area contributed by atoms with Crippen molar-refractivity contribution >= 4 is 71.3 Å². The average Bonchev–Trinajstić information content (AvgIpc) is 3.80. The van der Waals surface area contributed by atoms with E-state index < -0.39 is 0 Å². The predicted octanol–water partition coefficient (Wildman–Crippen LogP) is 9.29. The number of para-hydroxylation sites is 1. The number of benzene rings is 3. The summed E-state index contributed by atoms with van der Waals surface area (Å²) in [7, 11) is 0. The molecule has 0 unspecified atom stereocenters. The van der Waals surface area contributed by atoms with Crippen LogP contribution in [0.4, 0.5) is 0 Å². The Hall–Kier alpha value is -4.85. The van der Waals surface area contributed by atoms with Crippen LogP contribution in [-0.2, 0) is 0 Å². The van der Waals surface area contributed by atoms with Gasteiger partial charge in [0.15, 0.2) is 0 Å². The highest BCUT2D eigenvalue weighted by Gasteiger charge is 2.19. The van der Waals surface area contributed by atoms with Crippen LogP contribution in [0.15, 0.2) is 109 Å². The lowest BCUT2D eigenvalue weighted by Gasteiger charge is -2.08. The minimum Gasteiger partial charge on any atom is -0.294 e. The van der Waals surface area contributed by atoms with E-state index in [-0.39, 0.29) is 0 Å². The molecule has 9 aromatic rings. The molecule has 6 aromatic heterocycles. The minimum absolute atomic E-state index is 0.923. The Morgan fingerprint density at radius 2 is 1.56 bits per heavy atom. The lowest BCUT2D eigenvalue weighted by Crippen LogP contribution is -1.96. The molecule has 0 atom stereocenters. The Labute approximate surface area is 242 Å². The van der Waals surface area contributed by atoms with E-state index >= 15 is 0 Å². The van der Waals surface area contributed by atoms with Gasteiger partial charge in [-0.1, -0.05) is 48.5 Å². The molecule has 3 aromatic carbocycles. The summed E-state index contributed by atoms with van der Waals surface area (Å²) in [5.41, 5.74) is 10.2. The smallest absolute Gasteiger partial charge is 0.137 e. The lowest BCUT2D eigenvalue weighted by atomic mass is 9.98. The van der Waals surface area contributed by atoms with Gasteiger partial charge in [0.05, 0.1) is 27.4 Å². The fourth-order valence-electron chi connectivity index (χ4n) is 6.15. The maximum absolute atomic E-state index is 4.85. The van der Waals surface area contributed by atoms with Crippen molar-refractivity contribution < 1.29 is 0 Å². The Morgan fingerprint density at radius 3 is 2.49 bits per heavy atom. The molecule has 0 saturated carbocycles. The zero-order valence-electron chi connectivity index (χ0n) is 21.9. The third-order valence-corrected chi connectivity index (χ3v) is 9.61. The van der Waals surface area contributed by atoms with Crippen LogP contribution < -0.4 is 0 Å². The van der Waals surface area contributed by atoms with Crippen LogP contribution in [0.25, 0.3) is 76.5 Å². The number of hydrogen-bond acceptors (Lipinski definition) is 5. The van der Waals surface area contributed by atoms with Crippen molar-refractivity contribution in [1.29, 1.82) is 0 Å². The highest BCUT2D eigenvalue weighted by Crippen LogP contribution is 2.41. The van der Waals surface area contributed by atoms with Gasteiger partial charge in [0.25, 0.3) is 0 Å². The largest absolute Gasteiger partial charge is 0.294 e. The number of aromatic nitrogens is 5. The summed E-state index contributed by atoms with van der Waals surface area (Å²) in [6.45, 7) is 2.16. The predicted molar refractivity (Wildman–Crippen MR) is 171 cm³/mol. The Morgan fingerprint density at radius 1 is 0.707 bits per heavy atom. The van der Waals surface area contributed by atoms with Gasteiger partial charge < -0.3 is 0 Å². The maximum Gasteiger partial charge on any atom is 0.137 e. The monoisotopic (exact) mass is 563 g/mol. The van der Waals surface area contributed by atoms with E-state index in [1.165, 1.54) is 48.4 Å². The normalized spacial score (nSPS) is 12.0. The molecular formula is C34H21N5S2. The van der Waals surface area contributed by atoms with Gasteiger partial charge >= 0.3 is 0 Å². The second kappa shape index (κ2) is 8.57. The molecule has 0 radical (unpaired) electrons. The third-order valence-electron chi connectivity index (χ3n) is 7.93. The Balaban J connectivity index is 1.24. The van der Waals surface area contributed by atoms with Gasteiger partial charge in [0.1, 0.15) is 16.9 Å². The molecule has 0 aliphatic heterocycles. The van der Waals surface area contributed by atoms with E-state index in [4.69, 9.17) is 9.47 Å². The average molecular weight is 564 g/mol. The van der Waals surface area contributed by atoms with Crippen LogP contribution in [0.3, 0.4) is 0 Å². The molecule has 0 fully saturated rings. The molecule has 7 heteroatoms. The first-order valence-electron chi connectivity index (χ1n) is 13.4. The fraction of sp³-hybridized carbons (Fsp3) is 0.0294. The maximum atomic E-state index is 4.85. The van der Waals surface area contributed by atoms with Gasteiger partial charge in [-0.2, -0.15) is 9.47 Å². The molecular weight excluding hydrogens is 543 g/mol. The van der Waals surface area contributed by atoms with Crippen LogP contribution in [-0.4, -0.2) is 23.5 Å². The van der Waals surface area contributed by atoms with Crippen molar-refractivity contribution in [3.8, 4) is 28.1 Å². The molecule has 0 saturated heterocycles. The molecule has 6 heterocycles. The first kappa shape index (κ1) is 22.9. The van der Waals surface area contributed by atoms with Crippen LogP contribution >= 0.6 is 22.9 Å². The minimum atomic E-state index is 0.923. The molecule has 41 heavy (non-hydrogen) atoms. The molecule has 5 nitrogen and oxygen atoms in total. The first-order valence-corrected chi connectivity index (χ1v) is 15.1. The lowest BCUT2D eigenvalue weighted by molar-refractivity contribution is 1.01. The number of thiophene rings is 1. The molecule has 0 N–H and O–H groups in total. The summed E-state index contributed by atoms with van der Waals surface area (Å²) < 4.78 is 10.2. The number of hydrogen-bond donors (Lipinski definition) is 0. The van der Waals surface area contributed by atoms with Crippen molar-refractivity contribution in [2.45, 2.75) is 6.92 Å². The number of aryl methyl sites for hydroxylation is 1. The molecule has 0 amide bonds. The summed E-state index contributed by atoms with van der Waals surface area (Å²) in [6, 6.07) is 32.5. The number of pyridine rings is 2. The van der Waals surface area contributed by atoms with Gasteiger partial charge in [0.2, 0.25) is 0 Å². The summed E-state index contributed by atoms with van der Waals surface area (Å²) in [5.74, 6) is 0.923. The Bertz CT molecular complexity index is 2440. The van der Waals surface area contributed by atoms with Gasteiger partial charge in [-0.25, -0.2) is 9.50 Å². The molecule has 0 aliphatic carbocycles. The van der Waals surface area contributed by atoms with E-state index in [1.807, 2.05) is 35.9 Å². The molecule has 0 spiro atoms. The van der Waals surface area contributed by atoms with Gasteiger partial charge in [-0.05, 0) is 77.6 Å². The zero-order chi connectivity index (χ0) is 27.1. The Kier molecular flexibility index (Phi) is 4.79. The second-order valence-corrected chi connectivity index (χ2v) is 12.2. The van der Waals surface area contributed by atoms with Crippen molar-refractivity contribution in [3.63, 3.8) is 0 Å². The fourth-order valence-corrected chi connectivity index (χ4v) is 7.87. The summed E-state index contributed by atoms with van der Waals surface area (Å²) >= 11 is 3.30. The zero-order valence-corrected chi connectivity index (χ0v) is 23.6. The highest BCUT2D eigenvalue weighted by molar-refractivity contribution is 7.20. The first-order chi connectivity index (χ1) is 20.2.